The maximum absolute atomic E-state index is 12.1. The van der Waals surface area contributed by atoms with Gasteiger partial charge in [0.1, 0.15) is 5.82 Å². The zero-order valence-corrected chi connectivity index (χ0v) is 12.3. The Morgan fingerprint density at radius 3 is 3.05 bits per heavy atom. The van der Waals surface area contributed by atoms with Crippen LogP contribution in [-0.2, 0) is 4.79 Å². The first-order valence-corrected chi connectivity index (χ1v) is 7.55. The van der Waals surface area contributed by atoms with E-state index in [1.54, 1.807) is 10.8 Å². The molecule has 1 amide bonds. The number of rotatable bonds is 3. The summed E-state index contributed by atoms with van der Waals surface area (Å²) in [5, 5.41) is 3.44. The van der Waals surface area contributed by atoms with Crippen LogP contribution in [0.5, 0.6) is 0 Å². The number of aryl methyl sites for hydroxylation is 1. The van der Waals surface area contributed by atoms with E-state index in [1.165, 1.54) is 24.0 Å². The van der Waals surface area contributed by atoms with Gasteiger partial charge in [-0.1, -0.05) is 11.8 Å². The summed E-state index contributed by atoms with van der Waals surface area (Å²) in [7, 11) is 0. The molecule has 1 atom stereocenters. The molecule has 1 aliphatic rings. The van der Waals surface area contributed by atoms with Crippen LogP contribution in [0.15, 0.2) is 40.5 Å². The fraction of sp³-hybridized carbons (Fsp3) is 0.286. The van der Waals surface area contributed by atoms with Crippen LogP contribution in [0.1, 0.15) is 18.0 Å². The molecule has 0 spiro atoms. The third kappa shape index (κ3) is 2.97. The number of hydrogen-bond acceptors (Lipinski definition) is 5. The fourth-order valence-corrected chi connectivity index (χ4v) is 3.37. The minimum atomic E-state index is -0.156. The van der Waals surface area contributed by atoms with Crippen LogP contribution < -0.4 is 10.9 Å². The zero-order chi connectivity index (χ0) is 14.8. The van der Waals surface area contributed by atoms with Gasteiger partial charge >= 0.3 is 0 Å². The number of thioether (sulfide) groups is 1. The molecule has 108 valence electrons. The molecule has 1 aliphatic heterocycles. The number of carbonyl (C=O) groups is 1. The Balaban J connectivity index is 1.71. The molecule has 0 unspecified atom stereocenters. The van der Waals surface area contributed by atoms with Crippen molar-refractivity contribution < 1.29 is 4.79 Å². The van der Waals surface area contributed by atoms with Crippen molar-refractivity contribution >= 4 is 23.5 Å². The maximum Gasteiger partial charge on any atom is 0.254 e. The Morgan fingerprint density at radius 2 is 2.24 bits per heavy atom. The third-order valence-electron chi connectivity index (χ3n) is 3.22. The molecule has 0 aromatic carbocycles. The quantitative estimate of drug-likeness (QED) is 0.872. The molecule has 0 fully saturated rings. The lowest BCUT2D eigenvalue weighted by Crippen LogP contribution is -2.27. The summed E-state index contributed by atoms with van der Waals surface area (Å²) < 4.78 is 1.59. The van der Waals surface area contributed by atoms with Gasteiger partial charge in [0.05, 0.1) is 6.04 Å². The van der Waals surface area contributed by atoms with Gasteiger partial charge in [0.2, 0.25) is 5.91 Å². The highest BCUT2D eigenvalue weighted by atomic mass is 32.2. The van der Waals surface area contributed by atoms with Crippen LogP contribution >= 0.6 is 11.8 Å². The zero-order valence-electron chi connectivity index (χ0n) is 11.4. The summed E-state index contributed by atoms with van der Waals surface area (Å²) >= 11 is 1.50. The van der Waals surface area contributed by atoms with Gasteiger partial charge < -0.3 is 5.32 Å². The number of nitrogens with zero attached hydrogens (tertiary/aromatic N) is 3. The van der Waals surface area contributed by atoms with Gasteiger partial charge in [-0.2, -0.15) is 0 Å². The first-order valence-electron chi connectivity index (χ1n) is 6.56. The molecule has 0 bridgehead atoms. The van der Waals surface area contributed by atoms with Crippen LogP contribution in [0.3, 0.4) is 0 Å². The molecule has 6 nitrogen and oxygen atoms in total. The lowest BCUT2D eigenvalue weighted by atomic mass is 10.2. The molecule has 7 heteroatoms. The minimum Gasteiger partial charge on any atom is -0.311 e. The van der Waals surface area contributed by atoms with Gasteiger partial charge in [0.15, 0.2) is 5.16 Å². The average molecular weight is 302 g/mol. The van der Waals surface area contributed by atoms with E-state index < -0.39 is 0 Å². The van der Waals surface area contributed by atoms with Crippen molar-refractivity contribution in [1.82, 2.24) is 14.5 Å². The van der Waals surface area contributed by atoms with Crippen molar-refractivity contribution in [3.63, 3.8) is 0 Å². The number of amides is 1. The van der Waals surface area contributed by atoms with E-state index in [9.17, 15) is 9.59 Å². The molecule has 0 saturated carbocycles. The van der Waals surface area contributed by atoms with E-state index in [2.05, 4.69) is 15.3 Å². The number of nitrogens with one attached hydrogen (secondary N) is 1. The van der Waals surface area contributed by atoms with E-state index in [0.717, 1.165) is 5.56 Å². The van der Waals surface area contributed by atoms with Gasteiger partial charge in [-0.05, 0) is 24.6 Å². The number of anilines is 1. The summed E-state index contributed by atoms with van der Waals surface area (Å²) in [6.07, 6.45) is 3.39. The predicted molar refractivity (Wildman–Crippen MR) is 80.5 cm³/mol. The van der Waals surface area contributed by atoms with Gasteiger partial charge in [-0.15, -0.1) is 0 Å². The molecule has 0 radical (unpaired) electrons. The topological polar surface area (TPSA) is 76.9 Å². The highest BCUT2D eigenvalue weighted by Crippen LogP contribution is 2.31. The van der Waals surface area contributed by atoms with Crippen LogP contribution in [-0.4, -0.2) is 26.2 Å². The summed E-state index contributed by atoms with van der Waals surface area (Å²) in [5.74, 6) is 1.06. The SMILES string of the molecule is Cc1ccnc(NC(=O)C[C@H]2CSc3nccc(=O)n32)c1. The number of aromatic nitrogens is 3. The third-order valence-corrected chi connectivity index (χ3v) is 4.33. The summed E-state index contributed by atoms with van der Waals surface area (Å²) in [5.41, 5.74) is 0.916. The smallest absolute Gasteiger partial charge is 0.254 e. The molecule has 21 heavy (non-hydrogen) atoms. The lowest BCUT2D eigenvalue weighted by molar-refractivity contribution is -0.116. The number of carbonyl (C=O) groups excluding carboxylic acids is 1. The molecule has 2 aromatic rings. The lowest BCUT2D eigenvalue weighted by Gasteiger charge is -2.12. The second-order valence-corrected chi connectivity index (χ2v) is 5.86. The summed E-state index contributed by atoms with van der Waals surface area (Å²) in [6, 6.07) is 4.94. The van der Waals surface area contributed by atoms with Crippen molar-refractivity contribution in [2.24, 2.45) is 0 Å². The number of hydrogen-bond donors (Lipinski definition) is 1. The molecule has 1 N–H and O–H groups in total. The van der Waals surface area contributed by atoms with E-state index >= 15 is 0 Å². The second-order valence-electron chi connectivity index (χ2n) is 4.87. The number of pyridine rings is 1. The monoisotopic (exact) mass is 302 g/mol. The van der Waals surface area contributed by atoms with Crippen molar-refractivity contribution in [3.8, 4) is 0 Å². The predicted octanol–water partition coefficient (Wildman–Crippen LogP) is 1.62. The average Bonchev–Trinajstić information content (AvgIpc) is 2.83. The molecule has 0 saturated heterocycles. The fourth-order valence-electron chi connectivity index (χ4n) is 2.25. The standard InChI is InChI=1S/C14H14N4O2S/c1-9-2-4-15-11(6-9)17-12(19)7-10-8-21-14-16-5-3-13(20)18(10)14/h2-6,10H,7-8H2,1H3,(H,15,17,19)/t10-/m0/s1. The van der Waals surface area contributed by atoms with Gasteiger partial charge in [-0.25, -0.2) is 9.97 Å². The molecule has 3 rings (SSSR count). The first-order chi connectivity index (χ1) is 10.1. The van der Waals surface area contributed by atoms with E-state index in [-0.39, 0.29) is 23.9 Å². The number of fused-ring (bicyclic) bond motifs is 1. The highest BCUT2D eigenvalue weighted by Gasteiger charge is 2.26. The van der Waals surface area contributed by atoms with Crippen molar-refractivity contribution in [2.45, 2.75) is 24.5 Å². The summed E-state index contributed by atoms with van der Waals surface area (Å²) in [6.45, 7) is 1.94. The van der Waals surface area contributed by atoms with Gasteiger partial charge in [0.25, 0.3) is 5.56 Å². The van der Waals surface area contributed by atoms with Crippen LogP contribution in [0.25, 0.3) is 0 Å². The normalized spacial score (nSPS) is 16.5. The molecular formula is C14H14N4O2S. The maximum atomic E-state index is 12.1. The Kier molecular flexibility index (Phi) is 3.74. The first kappa shape index (κ1) is 13.8. The highest BCUT2D eigenvalue weighted by molar-refractivity contribution is 7.99. The van der Waals surface area contributed by atoms with Gasteiger partial charge in [0, 0.05) is 30.6 Å². The van der Waals surface area contributed by atoms with Crippen LogP contribution in [0.4, 0.5) is 5.82 Å². The van der Waals surface area contributed by atoms with Crippen molar-refractivity contribution in [3.05, 3.63) is 46.5 Å². The van der Waals surface area contributed by atoms with E-state index in [4.69, 9.17) is 0 Å². The van der Waals surface area contributed by atoms with Gasteiger partial charge in [-0.3, -0.25) is 14.2 Å². The van der Waals surface area contributed by atoms with Crippen molar-refractivity contribution in [2.75, 3.05) is 11.1 Å². The Labute approximate surface area is 125 Å². The Hall–Kier alpha value is -2.15. The van der Waals surface area contributed by atoms with E-state index in [0.29, 0.717) is 16.7 Å². The summed E-state index contributed by atoms with van der Waals surface area (Å²) in [4.78, 5) is 32.2. The van der Waals surface area contributed by atoms with Crippen molar-refractivity contribution in [1.29, 1.82) is 0 Å². The minimum absolute atomic E-state index is 0.114. The molecular weight excluding hydrogens is 288 g/mol. The molecule has 2 aromatic heterocycles. The molecule has 3 heterocycles. The largest absolute Gasteiger partial charge is 0.311 e. The van der Waals surface area contributed by atoms with Crippen LogP contribution in [0.2, 0.25) is 0 Å². The van der Waals surface area contributed by atoms with Crippen LogP contribution in [0, 0.1) is 6.92 Å². The Bertz CT molecular complexity index is 744. The Morgan fingerprint density at radius 1 is 1.43 bits per heavy atom. The van der Waals surface area contributed by atoms with E-state index in [1.807, 2.05) is 19.1 Å². The second kappa shape index (κ2) is 5.69. The molecule has 0 aliphatic carbocycles.